The molecule has 1 N–H and O–H groups in total. The van der Waals surface area contributed by atoms with Gasteiger partial charge < -0.3 is 14.8 Å². The molecule has 1 aliphatic rings. The fourth-order valence-corrected chi connectivity index (χ4v) is 3.93. The molecule has 0 aliphatic carbocycles. The number of halogens is 1. The van der Waals surface area contributed by atoms with Crippen LogP contribution in [0.15, 0.2) is 47.2 Å². The van der Waals surface area contributed by atoms with Crippen LogP contribution in [-0.4, -0.2) is 31.2 Å². The Morgan fingerprint density at radius 1 is 1.37 bits per heavy atom. The minimum atomic E-state index is -0.0282. The second-order valence-corrected chi connectivity index (χ2v) is 7.65. The molecule has 1 saturated heterocycles. The molecule has 6 heteroatoms. The number of hydrogen-bond acceptors (Lipinski definition) is 4. The van der Waals surface area contributed by atoms with Crippen molar-refractivity contribution in [2.45, 2.75) is 31.7 Å². The summed E-state index contributed by atoms with van der Waals surface area (Å²) in [4.78, 5) is 16.9. The van der Waals surface area contributed by atoms with E-state index in [1.807, 2.05) is 36.5 Å². The van der Waals surface area contributed by atoms with Gasteiger partial charge in [-0.1, -0.05) is 22.0 Å². The van der Waals surface area contributed by atoms with Gasteiger partial charge >= 0.3 is 0 Å². The van der Waals surface area contributed by atoms with Crippen molar-refractivity contribution in [2.24, 2.45) is 5.92 Å². The standard InChI is InChI=1S/C21H25BrN2O3/c1-26-19-6-5-18(22)13-16(19)4-7-20(25)24-21(15-8-11-27-12-9-15)17-3-2-10-23-14-17/h2-3,5-6,10,13-15,21H,4,7-9,11-12H2,1H3,(H,24,25)/t21-/m1/s1. The topological polar surface area (TPSA) is 60.5 Å². The number of pyridine rings is 1. The van der Waals surface area contributed by atoms with E-state index in [0.717, 1.165) is 47.4 Å². The first-order valence-electron chi connectivity index (χ1n) is 9.27. The maximum atomic E-state index is 12.7. The second-order valence-electron chi connectivity index (χ2n) is 6.74. The Bertz CT molecular complexity index is 748. The Morgan fingerprint density at radius 2 is 2.19 bits per heavy atom. The van der Waals surface area contributed by atoms with Gasteiger partial charge in [0.15, 0.2) is 0 Å². The maximum absolute atomic E-state index is 12.7. The smallest absolute Gasteiger partial charge is 0.220 e. The van der Waals surface area contributed by atoms with Crippen molar-refractivity contribution in [3.8, 4) is 5.75 Å². The summed E-state index contributed by atoms with van der Waals surface area (Å²) in [5, 5.41) is 3.24. The molecule has 0 radical (unpaired) electrons. The molecule has 0 saturated carbocycles. The molecule has 1 atom stereocenters. The number of nitrogens with zero attached hydrogens (tertiary/aromatic N) is 1. The van der Waals surface area contributed by atoms with E-state index in [0.29, 0.717) is 18.8 Å². The third-order valence-electron chi connectivity index (χ3n) is 4.96. The average Bonchev–Trinajstić information content (AvgIpc) is 2.72. The minimum Gasteiger partial charge on any atom is -0.496 e. The van der Waals surface area contributed by atoms with Gasteiger partial charge in [0.2, 0.25) is 5.91 Å². The molecule has 3 rings (SSSR count). The number of ether oxygens (including phenoxy) is 2. The van der Waals surface area contributed by atoms with Crippen LogP contribution >= 0.6 is 15.9 Å². The van der Waals surface area contributed by atoms with E-state index in [1.54, 1.807) is 13.3 Å². The molecule has 1 amide bonds. The summed E-state index contributed by atoms with van der Waals surface area (Å²) < 4.78 is 11.9. The first-order chi connectivity index (χ1) is 13.2. The van der Waals surface area contributed by atoms with E-state index in [-0.39, 0.29) is 11.9 Å². The van der Waals surface area contributed by atoms with Crippen LogP contribution in [0.3, 0.4) is 0 Å². The lowest BCUT2D eigenvalue weighted by Gasteiger charge is -2.31. The molecule has 5 nitrogen and oxygen atoms in total. The van der Waals surface area contributed by atoms with Crippen molar-refractivity contribution < 1.29 is 14.3 Å². The fraction of sp³-hybridized carbons (Fsp3) is 0.429. The summed E-state index contributed by atoms with van der Waals surface area (Å²) in [7, 11) is 1.65. The number of rotatable bonds is 7. The highest BCUT2D eigenvalue weighted by molar-refractivity contribution is 9.10. The lowest BCUT2D eigenvalue weighted by Crippen LogP contribution is -2.36. The van der Waals surface area contributed by atoms with E-state index < -0.39 is 0 Å². The van der Waals surface area contributed by atoms with E-state index in [9.17, 15) is 4.79 Å². The van der Waals surface area contributed by atoms with Gasteiger partial charge in [-0.3, -0.25) is 9.78 Å². The van der Waals surface area contributed by atoms with Crippen molar-refractivity contribution in [3.05, 3.63) is 58.3 Å². The van der Waals surface area contributed by atoms with Gasteiger partial charge in [-0.15, -0.1) is 0 Å². The molecular formula is C21H25BrN2O3. The molecule has 1 aromatic carbocycles. The number of hydrogen-bond donors (Lipinski definition) is 1. The predicted molar refractivity (Wildman–Crippen MR) is 108 cm³/mol. The molecule has 0 unspecified atom stereocenters. The van der Waals surface area contributed by atoms with Crippen LogP contribution in [0.4, 0.5) is 0 Å². The summed E-state index contributed by atoms with van der Waals surface area (Å²) in [5.74, 6) is 1.21. The monoisotopic (exact) mass is 432 g/mol. The van der Waals surface area contributed by atoms with E-state index in [2.05, 4.69) is 26.2 Å². The zero-order chi connectivity index (χ0) is 19.1. The summed E-state index contributed by atoms with van der Waals surface area (Å²) in [6, 6.07) is 9.78. The lowest BCUT2D eigenvalue weighted by molar-refractivity contribution is -0.122. The summed E-state index contributed by atoms with van der Waals surface area (Å²) in [6.45, 7) is 1.49. The van der Waals surface area contributed by atoms with Crippen molar-refractivity contribution in [1.82, 2.24) is 10.3 Å². The van der Waals surface area contributed by atoms with Gasteiger partial charge in [0, 0.05) is 36.5 Å². The first kappa shape index (κ1) is 19.8. The van der Waals surface area contributed by atoms with Crippen LogP contribution in [0.5, 0.6) is 5.75 Å². The zero-order valence-electron chi connectivity index (χ0n) is 15.5. The predicted octanol–water partition coefficient (Wildman–Crippen LogP) is 4.07. The highest BCUT2D eigenvalue weighted by atomic mass is 79.9. The van der Waals surface area contributed by atoms with E-state index in [1.165, 1.54) is 0 Å². The van der Waals surface area contributed by atoms with Gasteiger partial charge in [-0.05, 0) is 60.6 Å². The number of aryl methyl sites for hydroxylation is 1. The third-order valence-corrected chi connectivity index (χ3v) is 5.45. The number of nitrogens with one attached hydrogen (secondary N) is 1. The SMILES string of the molecule is COc1ccc(Br)cc1CCC(=O)N[C@@H](c1cccnc1)C1CCOCC1. The first-order valence-corrected chi connectivity index (χ1v) is 10.1. The minimum absolute atomic E-state index is 0.0282. The summed E-state index contributed by atoms with van der Waals surface area (Å²) in [6.07, 6.45) is 6.52. The van der Waals surface area contributed by atoms with Crippen LogP contribution in [-0.2, 0) is 16.0 Å². The Morgan fingerprint density at radius 3 is 2.89 bits per heavy atom. The number of methoxy groups -OCH3 is 1. The fourth-order valence-electron chi connectivity index (χ4n) is 3.52. The Hall–Kier alpha value is -1.92. The van der Waals surface area contributed by atoms with Crippen LogP contribution in [0.25, 0.3) is 0 Å². The molecule has 1 aromatic heterocycles. The lowest BCUT2D eigenvalue weighted by atomic mass is 9.87. The molecular weight excluding hydrogens is 408 g/mol. The molecule has 2 aromatic rings. The van der Waals surface area contributed by atoms with Crippen molar-refractivity contribution in [2.75, 3.05) is 20.3 Å². The third kappa shape index (κ3) is 5.53. The van der Waals surface area contributed by atoms with Crippen LogP contribution < -0.4 is 10.1 Å². The number of carbonyl (C=O) groups excluding carboxylic acids is 1. The summed E-state index contributed by atoms with van der Waals surface area (Å²) >= 11 is 3.48. The van der Waals surface area contributed by atoms with Gasteiger partial charge in [-0.25, -0.2) is 0 Å². The van der Waals surface area contributed by atoms with Gasteiger partial charge in [-0.2, -0.15) is 0 Å². The molecule has 144 valence electrons. The number of carbonyl (C=O) groups is 1. The highest BCUT2D eigenvalue weighted by Gasteiger charge is 2.27. The van der Waals surface area contributed by atoms with Gasteiger partial charge in [0.1, 0.15) is 5.75 Å². The van der Waals surface area contributed by atoms with Gasteiger partial charge in [0.25, 0.3) is 0 Å². The zero-order valence-corrected chi connectivity index (χ0v) is 17.1. The van der Waals surface area contributed by atoms with Crippen LogP contribution in [0.1, 0.15) is 36.4 Å². The van der Waals surface area contributed by atoms with Crippen molar-refractivity contribution in [1.29, 1.82) is 0 Å². The van der Waals surface area contributed by atoms with Crippen LogP contribution in [0, 0.1) is 5.92 Å². The molecule has 2 heterocycles. The van der Waals surface area contributed by atoms with E-state index in [4.69, 9.17) is 9.47 Å². The molecule has 0 spiro atoms. The number of aromatic nitrogens is 1. The maximum Gasteiger partial charge on any atom is 0.220 e. The van der Waals surface area contributed by atoms with Crippen molar-refractivity contribution in [3.63, 3.8) is 0 Å². The average molecular weight is 433 g/mol. The Kier molecular flexibility index (Phi) is 7.24. The number of amides is 1. The summed E-state index contributed by atoms with van der Waals surface area (Å²) in [5.41, 5.74) is 2.07. The second kappa shape index (κ2) is 9.85. The Labute approximate surface area is 168 Å². The Balaban J connectivity index is 1.67. The molecule has 27 heavy (non-hydrogen) atoms. The van der Waals surface area contributed by atoms with Gasteiger partial charge in [0.05, 0.1) is 13.2 Å². The van der Waals surface area contributed by atoms with Crippen LogP contribution in [0.2, 0.25) is 0 Å². The molecule has 1 aliphatic heterocycles. The van der Waals surface area contributed by atoms with Crippen molar-refractivity contribution >= 4 is 21.8 Å². The quantitative estimate of drug-likeness (QED) is 0.715. The largest absolute Gasteiger partial charge is 0.496 e. The molecule has 1 fully saturated rings. The highest BCUT2D eigenvalue weighted by Crippen LogP contribution is 2.30. The van der Waals surface area contributed by atoms with E-state index >= 15 is 0 Å². The molecule has 0 bridgehead atoms. The normalized spacial score (nSPS) is 15.9. The number of benzene rings is 1.